The van der Waals surface area contributed by atoms with Crippen LogP contribution >= 0.6 is 0 Å². The minimum absolute atomic E-state index is 0.0587. The summed E-state index contributed by atoms with van der Waals surface area (Å²) >= 11 is 0. The van der Waals surface area contributed by atoms with E-state index >= 15 is 0 Å². The topological polar surface area (TPSA) is 47.4 Å². The maximum Gasteiger partial charge on any atom is 0.433 e. The zero-order valence-electron chi connectivity index (χ0n) is 13.2. The quantitative estimate of drug-likeness (QED) is 0.786. The van der Waals surface area contributed by atoms with Crippen LogP contribution in [0.3, 0.4) is 0 Å². The molecule has 0 aliphatic carbocycles. The first-order valence-electron chi connectivity index (χ1n) is 6.94. The van der Waals surface area contributed by atoms with Crippen molar-refractivity contribution in [2.24, 2.45) is 7.05 Å². The summed E-state index contributed by atoms with van der Waals surface area (Å²) < 4.78 is 44.5. The Balaban J connectivity index is 2.35. The van der Waals surface area contributed by atoms with Crippen molar-refractivity contribution in [2.75, 3.05) is 12.0 Å². The van der Waals surface area contributed by atoms with E-state index in [1.54, 1.807) is 24.3 Å². The molecule has 0 aliphatic rings. The fourth-order valence-electron chi connectivity index (χ4n) is 2.14. The molecule has 0 spiro atoms. The Morgan fingerprint density at radius 2 is 2.00 bits per heavy atom. The van der Waals surface area contributed by atoms with Crippen LogP contribution in [0.15, 0.2) is 43.0 Å². The Labute approximate surface area is 136 Å². The van der Waals surface area contributed by atoms with Gasteiger partial charge < -0.3 is 4.74 Å². The molecule has 0 N–H and O–H groups in total. The van der Waals surface area contributed by atoms with Gasteiger partial charge in [-0.1, -0.05) is 18.7 Å². The lowest BCUT2D eigenvalue weighted by Gasteiger charge is -2.18. The van der Waals surface area contributed by atoms with E-state index in [0.29, 0.717) is 16.0 Å². The van der Waals surface area contributed by atoms with E-state index in [1.807, 2.05) is 0 Å². The molecule has 0 saturated carbocycles. The third-order valence-corrected chi connectivity index (χ3v) is 3.37. The molecule has 8 heteroatoms. The number of hydrogen-bond acceptors (Lipinski definition) is 3. The lowest BCUT2D eigenvalue weighted by Crippen LogP contribution is -2.29. The first kappa shape index (κ1) is 17.6. The molecule has 0 fully saturated rings. The van der Waals surface area contributed by atoms with Gasteiger partial charge in [0, 0.05) is 13.1 Å². The van der Waals surface area contributed by atoms with Crippen LogP contribution in [-0.2, 0) is 24.6 Å². The van der Waals surface area contributed by atoms with Crippen molar-refractivity contribution in [1.82, 2.24) is 9.78 Å². The van der Waals surface area contributed by atoms with Gasteiger partial charge in [0.1, 0.15) is 11.4 Å². The van der Waals surface area contributed by atoms with Gasteiger partial charge >= 0.3 is 6.18 Å². The predicted octanol–water partition coefficient (Wildman–Crippen LogP) is 3.17. The van der Waals surface area contributed by atoms with Gasteiger partial charge in [-0.3, -0.25) is 14.4 Å². The molecule has 2 rings (SSSR count). The first-order chi connectivity index (χ1) is 11.3. The molecular weight excluding hydrogens is 323 g/mol. The number of nitrogens with zero attached hydrogens (tertiary/aromatic N) is 3. The van der Waals surface area contributed by atoms with E-state index in [1.165, 1.54) is 14.2 Å². The fraction of sp³-hybridized carbons (Fsp3) is 0.250. The standard InChI is InChI=1S/C16H16F3N3O2/c1-4-15(23)22(10-11-5-7-12(24-3)8-6-11)14-9-13(16(17,18)19)21(2)20-14/h4-9H,1,10H2,2-3H3. The Bertz CT molecular complexity index is 736. The predicted molar refractivity (Wildman–Crippen MR) is 82.6 cm³/mol. The maximum absolute atomic E-state index is 12.9. The Hall–Kier alpha value is -2.77. The highest BCUT2D eigenvalue weighted by molar-refractivity contribution is 6.00. The van der Waals surface area contributed by atoms with Gasteiger partial charge in [0.2, 0.25) is 0 Å². The number of methoxy groups -OCH3 is 1. The van der Waals surface area contributed by atoms with Gasteiger partial charge in [0.25, 0.3) is 5.91 Å². The normalized spacial score (nSPS) is 11.2. The van der Waals surface area contributed by atoms with Crippen LogP contribution in [-0.4, -0.2) is 22.8 Å². The van der Waals surface area contributed by atoms with E-state index in [-0.39, 0.29) is 12.4 Å². The van der Waals surface area contributed by atoms with Crippen molar-refractivity contribution in [3.05, 3.63) is 54.2 Å². The summed E-state index contributed by atoms with van der Waals surface area (Å²) in [5.41, 5.74) is -0.223. The summed E-state index contributed by atoms with van der Waals surface area (Å²) in [6.07, 6.45) is -3.52. The molecule has 5 nitrogen and oxygen atoms in total. The van der Waals surface area contributed by atoms with Crippen LogP contribution in [0.5, 0.6) is 5.75 Å². The lowest BCUT2D eigenvalue weighted by molar-refractivity contribution is -0.143. The summed E-state index contributed by atoms with van der Waals surface area (Å²) in [6, 6.07) is 7.67. The average Bonchev–Trinajstić information content (AvgIpc) is 2.94. The van der Waals surface area contributed by atoms with E-state index in [0.717, 1.165) is 17.0 Å². The third-order valence-electron chi connectivity index (χ3n) is 3.37. The number of alkyl halides is 3. The molecule has 0 bridgehead atoms. The number of rotatable bonds is 5. The Morgan fingerprint density at radius 3 is 2.46 bits per heavy atom. The minimum atomic E-state index is -4.55. The smallest absolute Gasteiger partial charge is 0.433 e. The van der Waals surface area contributed by atoms with Gasteiger partial charge in [-0.25, -0.2) is 0 Å². The second-order valence-electron chi connectivity index (χ2n) is 4.99. The molecule has 1 aromatic carbocycles. The number of carbonyl (C=O) groups is 1. The zero-order valence-corrected chi connectivity index (χ0v) is 13.2. The number of carbonyl (C=O) groups excluding carboxylic acids is 1. The van der Waals surface area contributed by atoms with Crippen molar-refractivity contribution in [3.63, 3.8) is 0 Å². The van der Waals surface area contributed by atoms with Crippen LogP contribution in [0.25, 0.3) is 0 Å². The summed E-state index contributed by atoms with van der Waals surface area (Å²) in [6.45, 7) is 3.44. The summed E-state index contributed by atoms with van der Waals surface area (Å²) in [4.78, 5) is 13.2. The average molecular weight is 339 g/mol. The number of anilines is 1. The molecule has 0 aliphatic heterocycles. The van der Waals surface area contributed by atoms with Crippen molar-refractivity contribution >= 4 is 11.7 Å². The Kier molecular flexibility index (Phi) is 4.96. The number of aromatic nitrogens is 2. The number of ether oxygens (including phenoxy) is 1. The molecule has 1 amide bonds. The molecule has 0 saturated heterocycles. The van der Waals surface area contributed by atoms with Crippen LogP contribution in [0.1, 0.15) is 11.3 Å². The van der Waals surface area contributed by atoms with Crippen molar-refractivity contribution < 1.29 is 22.7 Å². The highest BCUT2D eigenvalue weighted by Crippen LogP contribution is 2.31. The second kappa shape index (κ2) is 6.77. The molecule has 2 aromatic rings. The monoisotopic (exact) mass is 339 g/mol. The van der Waals surface area contributed by atoms with Crippen molar-refractivity contribution in [3.8, 4) is 5.75 Å². The van der Waals surface area contributed by atoms with Crippen molar-refractivity contribution in [1.29, 1.82) is 0 Å². The van der Waals surface area contributed by atoms with Gasteiger partial charge in [0.15, 0.2) is 5.82 Å². The molecular formula is C16H16F3N3O2. The molecule has 0 radical (unpaired) electrons. The number of amides is 1. The number of hydrogen-bond donors (Lipinski definition) is 0. The zero-order chi connectivity index (χ0) is 17.9. The third kappa shape index (κ3) is 3.76. The molecule has 1 heterocycles. The summed E-state index contributed by atoms with van der Waals surface area (Å²) in [5.74, 6) is 0.000673. The Morgan fingerprint density at radius 1 is 1.38 bits per heavy atom. The first-order valence-corrected chi connectivity index (χ1v) is 6.94. The van der Waals surface area contributed by atoms with Crippen LogP contribution in [0.4, 0.5) is 19.0 Å². The summed E-state index contributed by atoms with van der Waals surface area (Å²) in [7, 11) is 2.70. The van der Waals surface area contributed by atoms with Crippen LogP contribution < -0.4 is 9.64 Å². The van der Waals surface area contributed by atoms with Gasteiger partial charge in [-0.15, -0.1) is 0 Å². The lowest BCUT2D eigenvalue weighted by atomic mass is 10.2. The molecule has 0 unspecified atom stereocenters. The number of benzene rings is 1. The van der Waals surface area contributed by atoms with Gasteiger partial charge in [0.05, 0.1) is 13.7 Å². The van der Waals surface area contributed by atoms with E-state index in [9.17, 15) is 18.0 Å². The molecule has 128 valence electrons. The molecule has 1 aromatic heterocycles. The van der Waals surface area contributed by atoms with E-state index in [4.69, 9.17) is 4.74 Å². The van der Waals surface area contributed by atoms with Crippen molar-refractivity contribution in [2.45, 2.75) is 12.7 Å². The van der Waals surface area contributed by atoms with Crippen LogP contribution in [0, 0.1) is 0 Å². The van der Waals surface area contributed by atoms with E-state index in [2.05, 4.69) is 11.7 Å². The van der Waals surface area contributed by atoms with Gasteiger partial charge in [-0.2, -0.15) is 18.3 Å². The fourth-order valence-corrected chi connectivity index (χ4v) is 2.14. The molecule has 0 atom stereocenters. The highest BCUT2D eigenvalue weighted by Gasteiger charge is 2.36. The molecule has 24 heavy (non-hydrogen) atoms. The van der Waals surface area contributed by atoms with E-state index < -0.39 is 17.8 Å². The van der Waals surface area contributed by atoms with Gasteiger partial charge in [-0.05, 0) is 23.8 Å². The number of halogens is 3. The highest BCUT2D eigenvalue weighted by atomic mass is 19.4. The largest absolute Gasteiger partial charge is 0.497 e. The minimum Gasteiger partial charge on any atom is -0.497 e. The summed E-state index contributed by atoms with van der Waals surface area (Å²) in [5, 5.41) is 3.81. The second-order valence-corrected chi connectivity index (χ2v) is 4.99. The number of aryl methyl sites for hydroxylation is 1. The van der Waals surface area contributed by atoms with Crippen LogP contribution in [0.2, 0.25) is 0 Å². The SMILES string of the molecule is C=CC(=O)N(Cc1ccc(OC)cc1)c1cc(C(F)(F)F)n(C)n1. The maximum atomic E-state index is 12.9.